The number of nitrogens with one attached hydrogen (secondary N) is 3. The van der Waals surface area contributed by atoms with Crippen molar-refractivity contribution in [3.63, 3.8) is 0 Å². The van der Waals surface area contributed by atoms with Gasteiger partial charge in [0.05, 0.1) is 18.1 Å². The first-order valence-electron chi connectivity index (χ1n) is 17.8. The number of nitrogens with zero attached hydrogens (tertiary/aromatic N) is 1. The lowest BCUT2D eigenvalue weighted by Crippen LogP contribution is -2.62. The molecule has 1 saturated heterocycles. The predicted molar refractivity (Wildman–Crippen MR) is 201 cm³/mol. The number of carbonyl (C=O) groups is 4. The van der Waals surface area contributed by atoms with Gasteiger partial charge in [0.1, 0.15) is 23.9 Å². The molecule has 51 heavy (non-hydrogen) atoms. The predicted octanol–water partition coefficient (Wildman–Crippen LogP) is 4.86. The van der Waals surface area contributed by atoms with Crippen LogP contribution in [0.1, 0.15) is 66.9 Å². The van der Waals surface area contributed by atoms with Gasteiger partial charge >= 0.3 is 5.97 Å². The number of amides is 3. The van der Waals surface area contributed by atoms with Crippen LogP contribution in [-0.4, -0.2) is 93.2 Å². The largest absolute Gasteiger partial charge is 0.543 e. The summed E-state index contributed by atoms with van der Waals surface area (Å²) in [7, 11) is 0.959. The number of benzene rings is 1. The van der Waals surface area contributed by atoms with Crippen molar-refractivity contribution < 1.29 is 38.2 Å². The maximum absolute atomic E-state index is 14.0. The van der Waals surface area contributed by atoms with Crippen LogP contribution in [0.2, 0.25) is 18.1 Å². The number of aliphatic carboxylic acids is 1. The molecule has 4 N–H and O–H groups in total. The molecule has 3 amide bonds. The van der Waals surface area contributed by atoms with E-state index in [9.17, 15) is 24.3 Å². The van der Waals surface area contributed by atoms with Crippen molar-refractivity contribution in [1.29, 1.82) is 0 Å². The van der Waals surface area contributed by atoms with Gasteiger partial charge in [-0.3, -0.25) is 24.2 Å². The van der Waals surface area contributed by atoms with Gasteiger partial charge in [0, 0.05) is 33.1 Å². The Morgan fingerprint density at radius 1 is 1.08 bits per heavy atom. The summed E-state index contributed by atoms with van der Waals surface area (Å²) in [6, 6.07) is 4.51. The Balaban J connectivity index is 2.38. The van der Waals surface area contributed by atoms with Crippen LogP contribution < -0.4 is 20.5 Å². The van der Waals surface area contributed by atoms with Crippen molar-refractivity contribution >= 4 is 32.0 Å². The Morgan fingerprint density at radius 3 is 2.29 bits per heavy atom. The summed E-state index contributed by atoms with van der Waals surface area (Å²) in [5.74, 6) is -2.97. The minimum absolute atomic E-state index is 0.0285. The second-order valence-electron chi connectivity index (χ2n) is 15.3. The van der Waals surface area contributed by atoms with Crippen LogP contribution in [0.15, 0.2) is 49.1 Å². The summed E-state index contributed by atoms with van der Waals surface area (Å²) < 4.78 is 17.9. The van der Waals surface area contributed by atoms with Gasteiger partial charge < -0.3 is 29.6 Å². The molecular formula is C38H62N4O8Si. The van der Waals surface area contributed by atoms with Gasteiger partial charge in [-0.05, 0) is 54.6 Å². The van der Waals surface area contributed by atoms with E-state index in [0.29, 0.717) is 18.6 Å². The Bertz CT molecular complexity index is 1380. The van der Waals surface area contributed by atoms with Crippen molar-refractivity contribution in [1.82, 2.24) is 21.1 Å². The van der Waals surface area contributed by atoms with Crippen molar-refractivity contribution in [3.8, 4) is 5.75 Å². The Hall–Kier alpha value is -3.52. The molecule has 0 bridgehead atoms. The van der Waals surface area contributed by atoms with E-state index in [4.69, 9.17) is 13.9 Å². The van der Waals surface area contributed by atoms with Crippen molar-refractivity contribution in [2.45, 2.75) is 116 Å². The van der Waals surface area contributed by atoms with Crippen LogP contribution in [0, 0.1) is 17.8 Å². The van der Waals surface area contributed by atoms with Gasteiger partial charge in [-0.1, -0.05) is 85.4 Å². The third-order valence-corrected chi connectivity index (χ3v) is 14.4. The number of carboxylic acid groups (broad SMARTS) is 1. The number of hydrogen-bond acceptors (Lipinski definition) is 8. The third-order valence-electron chi connectivity index (χ3n) is 10.1. The van der Waals surface area contributed by atoms with Crippen molar-refractivity contribution in [2.24, 2.45) is 17.8 Å². The minimum atomic E-state index is -2.16. The summed E-state index contributed by atoms with van der Waals surface area (Å²) in [4.78, 5) is 53.5. The molecular weight excluding hydrogens is 669 g/mol. The molecule has 12 nitrogen and oxygen atoms in total. The summed E-state index contributed by atoms with van der Waals surface area (Å²) >= 11 is 0. The van der Waals surface area contributed by atoms with E-state index in [1.54, 1.807) is 26.2 Å². The van der Waals surface area contributed by atoms with E-state index in [-0.39, 0.29) is 41.9 Å². The van der Waals surface area contributed by atoms with Crippen LogP contribution in [0.5, 0.6) is 5.75 Å². The molecule has 0 radical (unpaired) electrons. The summed E-state index contributed by atoms with van der Waals surface area (Å²) in [6.07, 6.45) is 5.37. The van der Waals surface area contributed by atoms with Gasteiger partial charge in [0.15, 0.2) is 0 Å². The fourth-order valence-corrected chi connectivity index (χ4v) is 6.90. The lowest BCUT2D eigenvalue weighted by Gasteiger charge is -2.36. The minimum Gasteiger partial charge on any atom is -0.543 e. The highest BCUT2D eigenvalue weighted by molar-refractivity contribution is 6.74. The number of rotatable bonds is 18. The molecule has 1 aliphatic heterocycles. The standard InChI is InChI=1S/C38H62N4O8Si/c1-13-14-20-31(48-9)25(4)33(49-10)26(5)34(43)40-32(24(2)3)35(44)39-30(36(45)42-21-16-19-29(41-42)37(46)47)23-27-17-15-18-28(22-27)50-51(11,12)38(6,7)8/h13-15,17-18,20,22,24-26,29-33,41H,1,16,19,21,23H2,2-12H3,(H,39,44)(H,40,43)(H,46,47)/b20-14-/t25-,26+,29-,30-,31-,32-,33+/m0/s1. The van der Waals surface area contributed by atoms with E-state index in [1.807, 2.05) is 51.1 Å². The molecule has 286 valence electrons. The number of hydrogen-bond donors (Lipinski definition) is 4. The maximum atomic E-state index is 14.0. The lowest BCUT2D eigenvalue weighted by atomic mass is 9.87. The molecule has 2 rings (SSSR count). The highest BCUT2D eigenvalue weighted by Crippen LogP contribution is 2.37. The smallest absolute Gasteiger partial charge is 0.322 e. The van der Waals surface area contributed by atoms with Crippen LogP contribution in [0.25, 0.3) is 0 Å². The average Bonchev–Trinajstić information content (AvgIpc) is 3.06. The molecule has 0 saturated carbocycles. The Morgan fingerprint density at radius 2 is 1.75 bits per heavy atom. The van der Waals surface area contributed by atoms with E-state index < -0.39 is 56.2 Å². The first-order chi connectivity index (χ1) is 23.8. The fourth-order valence-electron chi connectivity index (χ4n) is 5.88. The normalized spacial score (nSPS) is 19.1. The first-order valence-corrected chi connectivity index (χ1v) is 20.7. The van der Waals surface area contributed by atoms with Gasteiger partial charge in [-0.25, -0.2) is 5.43 Å². The SMILES string of the molecule is C=C/C=C\[C@H](OC)[C@H](C)[C@@H](OC)[C@@H](C)C(=O)N[C@H](C(=O)N[C@@H](Cc1cccc(O[Si](C)(C)C(C)(C)C)c1)C(=O)N1CCC[C@@H](C(=O)O)N1)C(C)C. The third kappa shape index (κ3) is 12.3. The Labute approximate surface area is 305 Å². The van der Waals surface area contributed by atoms with Gasteiger partial charge in [0.2, 0.25) is 20.1 Å². The van der Waals surface area contributed by atoms with E-state index >= 15 is 0 Å². The van der Waals surface area contributed by atoms with E-state index in [1.165, 1.54) is 12.1 Å². The van der Waals surface area contributed by atoms with E-state index in [0.717, 1.165) is 5.56 Å². The molecule has 1 aromatic carbocycles. The van der Waals surface area contributed by atoms with Crippen molar-refractivity contribution in [2.75, 3.05) is 20.8 Å². The summed E-state index contributed by atoms with van der Waals surface area (Å²) in [5, 5.41) is 16.7. The molecule has 0 aromatic heterocycles. The molecule has 1 fully saturated rings. The van der Waals surface area contributed by atoms with Crippen LogP contribution >= 0.6 is 0 Å². The zero-order valence-corrected chi connectivity index (χ0v) is 33.4. The maximum Gasteiger partial charge on any atom is 0.322 e. The monoisotopic (exact) mass is 730 g/mol. The van der Waals surface area contributed by atoms with Gasteiger partial charge in [-0.2, -0.15) is 0 Å². The molecule has 0 unspecified atom stereocenters. The molecule has 1 aromatic rings. The second-order valence-corrected chi connectivity index (χ2v) is 20.1. The molecule has 0 aliphatic carbocycles. The number of hydrazine groups is 1. The molecule has 13 heteroatoms. The molecule has 1 heterocycles. The van der Waals surface area contributed by atoms with Gasteiger partial charge in [-0.15, -0.1) is 0 Å². The number of methoxy groups -OCH3 is 2. The number of carboxylic acids is 1. The molecule has 1 aliphatic rings. The van der Waals surface area contributed by atoms with Crippen LogP contribution in [-0.2, 0) is 35.1 Å². The van der Waals surface area contributed by atoms with Gasteiger partial charge in [0.25, 0.3) is 5.91 Å². The summed E-state index contributed by atoms with van der Waals surface area (Å²) in [5.41, 5.74) is 3.57. The lowest BCUT2D eigenvalue weighted by molar-refractivity contribution is -0.148. The van der Waals surface area contributed by atoms with E-state index in [2.05, 4.69) is 56.5 Å². The number of allylic oxidation sites excluding steroid dienone is 2. The molecule has 7 atom stereocenters. The quantitative estimate of drug-likeness (QED) is 0.122. The first kappa shape index (κ1) is 43.6. The fraction of sp³-hybridized carbons (Fsp3) is 0.632. The number of carbonyl (C=O) groups excluding carboxylic acids is 3. The second kappa shape index (κ2) is 19.4. The average molecular weight is 731 g/mol. The number of ether oxygens (including phenoxy) is 2. The zero-order valence-electron chi connectivity index (χ0n) is 32.4. The molecule has 0 spiro atoms. The Kier molecular flexibility index (Phi) is 16.6. The zero-order chi connectivity index (χ0) is 38.7. The van der Waals surface area contributed by atoms with Crippen LogP contribution in [0.3, 0.4) is 0 Å². The van der Waals surface area contributed by atoms with Crippen molar-refractivity contribution in [3.05, 3.63) is 54.6 Å². The highest BCUT2D eigenvalue weighted by atomic mass is 28.4. The van der Waals surface area contributed by atoms with Crippen LogP contribution in [0.4, 0.5) is 0 Å². The topological polar surface area (TPSA) is 156 Å². The highest BCUT2D eigenvalue weighted by Gasteiger charge is 2.40. The summed E-state index contributed by atoms with van der Waals surface area (Å²) in [6.45, 7) is 22.1.